The molecule has 0 fully saturated rings. The van der Waals surface area contributed by atoms with E-state index in [0.717, 1.165) is 0 Å². The van der Waals surface area contributed by atoms with E-state index in [2.05, 4.69) is 5.32 Å². The van der Waals surface area contributed by atoms with Gasteiger partial charge in [0, 0.05) is 25.7 Å². The SMILES string of the molecule is CCN(CCO)S(=O)(=O)CCNC(C)C. The van der Waals surface area contributed by atoms with Crippen molar-refractivity contribution in [3.63, 3.8) is 0 Å². The quantitative estimate of drug-likeness (QED) is 0.605. The van der Waals surface area contributed by atoms with E-state index in [-0.39, 0.29) is 24.9 Å². The van der Waals surface area contributed by atoms with Crippen LogP contribution in [0.1, 0.15) is 20.8 Å². The Morgan fingerprint density at radius 2 is 2.00 bits per heavy atom. The maximum absolute atomic E-state index is 11.7. The van der Waals surface area contributed by atoms with Crippen molar-refractivity contribution in [2.24, 2.45) is 0 Å². The smallest absolute Gasteiger partial charge is 0.215 e. The minimum atomic E-state index is -3.22. The van der Waals surface area contributed by atoms with Crippen LogP contribution in [-0.4, -0.2) is 55.9 Å². The standard InChI is InChI=1S/C9H22N2O3S/c1-4-11(6-7-12)15(13,14)8-5-10-9(2)3/h9-10,12H,4-8H2,1-3H3. The molecule has 0 spiro atoms. The van der Waals surface area contributed by atoms with Crippen LogP contribution in [0.15, 0.2) is 0 Å². The highest BCUT2D eigenvalue weighted by Gasteiger charge is 2.19. The van der Waals surface area contributed by atoms with Gasteiger partial charge in [-0.3, -0.25) is 0 Å². The van der Waals surface area contributed by atoms with Gasteiger partial charge in [0.05, 0.1) is 12.4 Å². The summed E-state index contributed by atoms with van der Waals surface area (Å²) < 4.78 is 24.7. The van der Waals surface area contributed by atoms with Crippen molar-refractivity contribution in [2.75, 3.05) is 32.0 Å². The summed E-state index contributed by atoms with van der Waals surface area (Å²) in [6.45, 7) is 6.61. The zero-order valence-corrected chi connectivity index (χ0v) is 10.5. The third kappa shape index (κ3) is 6.09. The van der Waals surface area contributed by atoms with Gasteiger partial charge in [-0.05, 0) is 0 Å². The van der Waals surface area contributed by atoms with Gasteiger partial charge in [0.25, 0.3) is 0 Å². The topological polar surface area (TPSA) is 69.6 Å². The summed E-state index contributed by atoms with van der Waals surface area (Å²) >= 11 is 0. The van der Waals surface area contributed by atoms with Crippen LogP contribution in [0.25, 0.3) is 0 Å². The zero-order valence-electron chi connectivity index (χ0n) is 9.73. The highest BCUT2D eigenvalue weighted by molar-refractivity contribution is 7.89. The van der Waals surface area contributed by atoms with Crippen molar-refractivity contribution < 1.29 is 13.5 Å². The maximum atomic E-state index is 11.7. The van der Waals surface area contributed by atoms with Crippen molar-refractivity contribution in [1.29, 1.82) is 0 Å². The molecule has 15 heavy (non-hydrogen) atoms. The molecule has 0 saturated heterocycles. The van der Waals surface area contributed by atoms with Crippen LogP contribution >= 0.6 is 0 Å². The predicted molar refractivity (Wildman–Crippen MR) is 61.3 cm³/mol. The van der Waals surface area contributed by atoms with Gasteiger partial charge in [-0.2, -0.15) is 4.31 Å². The van der Waals surface area contributed by atoms with E-state index in [1.165, 1.54) is 4.31 Å². The van der Waals surface area contributed by atoms with E-state index in [9.17, 15) is 8.42 Å². The van der Waals surface area contributed by atoms with E-state index < -0.39 is 10.0 Å². The van der Waals surface area contributed by atoms with Crippen molar-refractivity contribution in [1.82, 2.24) is 9.62 Å². The largest absolute Gasteiger partial charge is 0.395 e. The first kappa shape index (κ1) is 14.8. The summed E-state index contributed by atoms with van der Waals surface area (Å²) in [5, 5.41) is 11.8. The van der Waals surface area contributed by atoms with E-state index in [1.54, 1.807) is 6.92 Å². The van der Waals surface area contributed by atoms with Gasteiger partial charge >= 0.3 is 0 Å². The Hall–Kier alpha value is -0.170. The fourth-order valence-corrected chi connectivity index (χ4v) is 2.60. The van der Waals surface area contributed by atoms with Gasteiger partial charge in [0.1, 0.15) is 0 Å². The molecule has 0 unspecified atom stereocenters. The number of nitrogens with one attached hydrogen (secondary N) is 1. The fourth-order valence-electron chi connectivity index (χ4n) is 1.21. The molecule has 0 radical (unpaired) electrons. The number of rotatable bonds is 8. The molecule has 0 aromatic rings. The van der Waals surface area contributed by atoms with Gasteiger partial charge < -0.3 is 10.4 Å². The van der Waals surface area contributed by atoms with Crippen LogP contribution in [0.3, 0.4) is 0 Å². The summed E-state index contributed by atoms with van der Waals surface area (Å²) in [5.74, 6) is 0.0824. The first-order valence-corrected chi connectivity index (χ1v) is 6.87. The summed E-state index contributed by atoms with van der Waals surface area (Å²) in [6.07, 6.45) is 0. The van der Waals surface area contributed by atoms with Crippen molar-refractivity contribution >= 4 is 10.0 Å². The molecular formula is C9H22N2O3S. The van der Waals surface area contributed by atoms with Crippen LogP contribution in [0.4, 0.5) is 0 Å². The average Bonchev–Trinajstić information content (AvgIpc) is 2.12. The van der Waals surface area contributed by atoms with Gasteiger partial charge in [-0.25, -0.2) is 8.42 Å². The summed E-state index contributed by atoms with van der Waals surface area (Å²) in [6, 6.07) is 0.285. The van der Waals surface area contributed by atoms with Gasteiger partial charge in [0.15, 0.2) is 0 Å². The van der Waals surface area contributed by atoms with Crippen molar-refractivity contribution in [3.05, 3.63) is 0 Å². The summed E-state index contributed by atoms with van der Waals surface area (Å²) in [7, 11) is -3.22. The first-order chi connectivity index (χ1) is 6.94. The second-order valence-corrected chi connectivity index (χ2v) is 5.73. The lowest BCUT2D eigenvalue weighted by Gasteiger charge is -2.19. The molecule has 0 heterocycles. The molecule has 0 bridgehead atoms. The zero-order chi connectivity index (χ0) is 11.9. The highest BCUT2D eigenvalue weighted by atomic mass is 32.2. The Kier molecular flexibility index (Phi) is 7.08. The molecule has 0 rings (SSSR count). The van der Waals surface area contributed by atoms with Gasteiger partial charge in [0.2, 0.25) is 10.0 Å². The van der Waals surface area contributed by atoms with Crippen molar-refractivity contribution in [3.8, 4) is 0 Å². The average molecular weight is 238 g/mol. The lowest BCUT2D eigenvalue weighted by atomic mass is 10.4. The lowest BCUT2D eigenvalue weighted by molar-refractivity contribution is 0.257. The molecule has 0 atom stereocenters. The Labute approximate surface area is 92.5 Å². The van der Waals surface area contributed by atoms with E-state index in [4.69, 9.17) is 5.11 Å². The van der Waals surface area contributed by atoms with Gasteiger partial charge in [-0.15, -0.1) is 0 Å². The Balaban J connectivity index is 4.14. The minimum Gasteiger partial charge on any atom is -0.395 e. The Bertz CT molecular complexity index is 252. The van der Waals surface area contributed by atoms with Crippen LogP contribution in [0, 0.1) is 0 Å². The van der Waals surface area contributed by atoms with Crippen LogP contribution in [-0.2, 0) is 10.0 Å². The number of sulfonamides is 1. The predicted octanol–water partition coefficient (Wildman–Crippen LogP) is -0.372. The van der Waals surface area contributed by atoms with Crippen LogP contribution in [0.2, 0.25) is 0 Å². The molecule has 0 aliphatic carbocycles. The van der Waals surface area contributed by atoms with Crippen LogP contribution in [0.5, 0.6) is 0 Å². The molecule has 5 nitrogen and oxygen atoms in total. The molecule has 6 heteroatoms. The number of nitrogens with zero attached hydrogens (tertiary/aromatic N) is 1. The van der Waals surface area contributed by atoms with E-state index in [1.807, 2.05) is 13.8 Å². The van der Waals surface area contributed by atoms with E-state index in [0.29, 0.717) is 13.1 Å². The number of likely N-dealkylation sites (N-methyl/N-ethyl adjacent to an activating group) is 1. The second kappa shape index (κ2) is 7.16. The highest BCUT2D eigenvalue weighted by Crippen LogP contribution is 1.99. The molecule has 0 aliphatic heterocycles. The lowest BCUT2D eigenvalue weighted by Crippen LogP contribution is -2.39. The number of aliphatic hydroxyl groups excluding tert-OH is 1. The summed E-state index contributed by atoms with van der Waals surface area (Å²) in [4.78, 5) is 0. The molecule has 2 N–H and O–H groups in total. The van der Waals surface area contributed by atoms with E-state index >= 15 is 0 Å². The maximum Gasteiger partial charge on any atom is 0.215 e. The van der Waals surface area contributed by atoms with Gasteiger partial charge in [-0.1, -0.05) is 20.8 Å². The third-order valence-corrected chi connectivity index (χ3v) is 3.96. The molecule has 92 valence electrons. The fraction of sp³-hybridized carbons (Fsp3) is 1.00. The Morgan fingerprint density at radius 3 is 2.40 bits per heavy atom. The van der Waals surface area contributed by atoms with Crippen molar-refractivity contribution in [2.45, 2.75) is 26.8 Å². The minimum absolute atomic E-state index is 0.0824. The number of hydrogen-bond acceptors (Lipinski definition) is 4. The normalized spacial score (nSPS) is 12.7. The molecule has 0 aromatic carbocycles. The summed E-state index contributed by atoms with van der Waals surface area (Å²) in [5.41, 5.74) is 0. The second-order valence-electron chi connectivity index (χ2n) is 3.64. The first-order valence-electron chi connectivity index (χ1n) is 5.26. The monoisotopic (exact) mass is 238 g/mol. The number of hydrogen-bond donors (Lipinski definition) is 2. The molecule has 0 aliphatic rings. The third-order valence-electron chi connectivity index (χ3n) is 2.01. The molecule has 0 amide bonds. The molecule has 0 saturated carbocycles. The van der Waals surface area contributed by atoms with Crippen LogP contribution < -0.4 is 5.32 Å². The Morgan fingerprint density at radius 1 is 1.40 bits per heavy atom. The number of aliphatic hydroxyl groups is 1. The molecule has 0 aromatic heterocycles. The molecular weight excluding hydrogens is 216 g/mol.